The molecule has 10 heteroatoms. The van der Waals surface area contributed by atoms with Crippen LogP contribution in [0.4, 0.5) is 0 Å². The Labute approximate surface area is 179 Å². The molecule has 0 bridgehead atoms. The summed E-state index contributed by atoms with van der Waals surface area (Å²) in [6, 6.07) is 0. The van der Waals surface area contributed by atoms with Gasteiger partial charge >= 0.3 is 19.8 Å². The lowest BCUT2D eigenvalue weighted by molar-refractivity contribution is -0.870. The van der Waals surface area contributed by atoms with Crippen LogP contribution in [0.15, 0.2) is 24.3 Å². The molecular formula is C20H37NO8P+. The third kappa shape index (κ3) is 17.4. The van der Waals surface area contributed by atoms with Gasteiger partial charge in [-0.1, -0.05) is 38.2 Å². The number of carbonyl (C=O) groups is 2. The van der Waals surface area contributed by atoms with Crippen molar-refractivity contribution in [3.8, 4) is 0 Å². The van der Waals surface area contributed by atoms with E-state index in [0.717, 1.165) is 12.8 Å². The van der Waals surface area contributed by atoms with E-state index in [1.165, 1.54) is 0 Å². The summed E-state index contributed by atoms with van der Waals surface area (Å²) in [5.41, 5.74) is 0. The number of quaternary nitrogens is 1. The maximum absolute atomic E-state index is 12.0. The topological polar surface area (TPSA) is 108 Å². The minimum Gasteiger partial charge on any atom is -0.461 e. The molecule has 0 aromatic heterocycles. The molecular weight excluding hydrogens is 413 g/mol. The third-order valence-corrected chi connectivity index (χ3v) is 4.53. The van der Waals surface area contributed by atoms with Crippen LogP contribution in [0.5, 0.6) is 0 Å². The van der Waals surface area contributed by atoms with Crippen molar-refractivity contribution in [3.05, 3.63) is 24.3 Å². The van der Waals surface area contributed by atoms with Crippen molar-refractivity contribution >= 4 is 19.8 Å². The Kier molecular flexibility index (Phi) is 14.5. The SMILES string of the molecule is CC/C=C\CC(=O)OCC(COP(=O)(O)OCC[N+](C)(C)C)OC(=O)C/C=C\CC. The predicted molar refractivity (Wildman–Crippen MR) is 114 cm³/mol. The van der Waals surface area contributed by atoms with E-state index in [-0.39, 0.29) is 26.1 Å². The van der Waals surface area contributed by atoms with Crippen LogP contribution in [0.1, 0.15) is 39.5 Å². The van der Waals surface area contributed by atoms with Crippen molar-refractivity contribution in [2.75, 3.05) is 47.5 Å². The number of allylic oxidation sites excluding steroid dienone is 2. The van der Waals surface area contributed by atoms with Crippen LogP contribution in [0.25, 0.3) is 0 Å². The van der Waals surface area contributed by atoms with Crippen LogP contribution >= 0.6 is 7.82 Å². The van der Waals surface area contributed by atoms with Crippen LogP contribution in [-0.4, -0.2) is 74.9 Å². The first-order chi connectivity index (χ1) is 14.0. The molecule has 9 nitrogen and oxygen atoms in total. The van der Waals surface area contributed by atoms with Crippen LogP contribution in [-0.2, 0) is 32.7 Å². The maximum Gasteiger partial charge on any atom is 0.472 e. The Morgan fingerprint density at radius 3 is 2.03 bits per heavy atom. The van der Waals surface area contributed by atoms with Gasteiger partial charge in [-0.15, -0.1) is 0 Å². The highest BCUT2D eigenvalue weighted by atomic mass is 31.2. The van der Waals surface area contributed by atoms with Gasteiger partial charge in [-0.25, -0.2) is 4.57 Å². The largest absolute Gasteiger partial charge is 0.472 e. The second kappa shape index (κ2) is 15.3. The van der Waals surface area contributed by atoms with E-state index in [1.54, 1.807) is 12.2 Å². The molecule has 174 valence electrons. The van der Waals surface area contributed by atoms with Crippen molar-refractivity contribution in [2.45, 2.75) is 45.6 Å². The highest BCUT2D eigenvalue weighted by molar-refractivity contribution is 7.47. The van der Waals surface area contributed by atoms with E-state index in [1.807, 2.05) is 47.1 Å². The van der Waals surface area contributed by atoms with Gasteiger partial charge in [0.2, 0.25) is 0 Å². The fourth-order valence-corrected chi connectivity index (χ4v) is 2.67. The number of phosphoric acid groups is 1. The molecule has 0 aromatic rings. The Balaban J connectivity index is 4.74. The summed E-state index contributed by atoms with van der Waals surface area (Å²) in [4.78, 5) is 33.5. The molecule has 2 unspecified atom stereocenters. The van der Waals surface area contributed by atoms with E-state index < -0.39 is 32.5 Å². The summed E-state index contributed by atoms with van der Waals surface area (Å²) >= 11 is 0. The summed E-state index contributed by atoms with van der Waals surface area (Å²) in [7, 11) is 1.41. The second-order valence-corrected chi connectivity index (χ2v) is 9.03. The number of hydrogen-bond donors (Lipinski definition) is 1. The first-order valence-corrected chi connectivity index (χ1v) is 11.6. The molecule has 1 N–H and O–H groups in total. The van der Waals surface area contributed by atoms with Gasteiger partial charge in [-0.05, 0) is 12.8 Å². The quantitative estimate of drug-likeness (QED) is 0.165. The lowest BCUT2D eigenvalue weighted by atomic mass is 10.3. The number of phosphoric ester groups is 1. The van der Waals surface area contributed by atoms with Gasteiger partial charge < -0.3 is 18.9 Å². The smallest absolute Gasteiger partial charge is 0.461 e. The fourth-order valence-electron chi connectivity index (χ4n) is 1.93. The van der Waals surface area contributed by atoms with Gasteiger partial charge in [0.15, 0.2) is 6.10 Å². The van der Waals surface area contributed by atoms with Gasteiger partial charge in [0.25, 0.3) is 0 Å². The number of esters is 2. The molecule has 0 aliphatic carbocycles. The fraction of sp³-hybridized carbons (Fsp3) is 0.700. The molecule has 0 spiro atoms. The van der Waals surface area contributed by atoms with E-state index in [4.69, 9.17) is 18.5 Å². The van der Waals surface area contributed by atoms with Gasteiger partial charge in [-0.3, -0.25) is 18.6 Å². The van der Waals surface area contributed by atoms with Gasteiger partial charge in [0, 0.05) is 0 Å². The number of likely N-dealkylation sites (N-methyl/N-ethyl adjacent to an activating group) is 1. The molecule has 30 heavy (non-hydrogen) atoms. The standard InChI is InChI=1S/C20H36NO8P/c1-6-8-10-12-19(22)26-16-18(29-20(23)13-11-9-7-2)17-28-30(24,25)27-15-14-21(3,4)5/h8-11,18H,6-7,12-17H2,1-5H3/p+1/b10-8-,11-9-. The summed E-state index contributed by atoms with van der Waals surface area (Å²) in [6.07, 6.45) is 7.65. The average molecular weight is 450 g/mol. The molecule has 0 radical (unpaired) electrons. The molecule has 0 heterocycles. The molecule has 0 aromatic carbocycles. The van der Waals surface area contributed by atoms with Crippen molar-refractivity contribution in [3.63, 3.8) is 0 Å². The lowest BCUT2D eigenvalue weighted by Crippen LogP contribution is -2.37. The number of carbonyl (C=O) groups excluding carboxylic acids is 2. The number of hydrogen-bond acceptors (Lipinski definition) is 7. The monoisotopic (exact) mass is 450 g/mol. The Morgan fingerprint density at radius 2 is 1.50 bits per heavy atom. The van der Waals surface area contributed by atoms with Crippen LogP contribution in [0, 0.1) is 0 Å². The molecule has 0 saturated carbocycles. The lowest BCUT2D eigenvalue weighted by Gasteiger charge is -2.24. The van der Waals surface area contributed by atoms with Crippen molar-refractivity contribution in [1.29, 1.82) is 0 Å². The molecule has 0 aliphatic rings. The third-order valence-electron chi connectivity index (χ3n) is 3.54. The second-order valence-electron chi connectivity index (χ2n) is 7.57. The highest BCUT2D eigenvalue weighted by Gasteiger charge is 2.26. The van der Waals surface area contributed by atoms with Gasteiger partial charge in [0.1, 0.15) is 19.8 Å². The minimum absolute atomic E-state index is 0.0162. The number of nitrogens with zero attached hydrogens (tertiary/aromatic N) is 1. The summed E-state index contributed by atoms with van der Waals surface area (Å²) in [6.45, 7) is 3.65. The highest BCUT2D eigenvalue weighted by Crippen LogP contribution is 2.43. The zero-order valence-electron chi connectivity index (χ0n) is 18.7. The summed E-state index contributed by atoms with van der Waals surface area (Å²) < 4.78 is 32.8. The summed E-state index contributed by atoms with van der Waals surface area (Å²) in [5, 5.41) is 0. The van der Waals surface area contributed by atoms with Crippen LogP contribution in [0.2, 0.25) is 0 Å². The molecule has 2 atom stereocenters. The summed E-state index contributed by atoms with van der Waals surface area (Å²) in [5.74, 6) is -1.06. The average Bonchev–Trinajstić information content (AvgIpc) is 2.63. The molecule has 0 saturated heterocycles. The normalized spacial score (nSPS) is 15.3. The maximum atomic E-state index is 12.0. The van der Waals surface area contributed by atoms with E-state index >= 15 is 0 Å². The molecule has 0 rings (SSSR count). The van der Waals surface area contributed by atoms with E-state index in [9.17, 15) is 19.0 Å². The zero-order chi connectivity index (χ0) is 23.0. The molecule has 0 aliphatic heterocycles. The minimum atomic E-state index is -4.34. The first kappa shape index (κ1) is 28.5. The van der Waals surface area contributed by atoms with Crippen molar-refractivity contribution in [2.24, 2.45) is 0 Å². The van der Waals surface area contributed by atoms with Gasteiger partial charge in [-0.2, -0.15) is 0 Å². The Morgan fingerprint density at radius 1 is 0.933 bits per heavy atom. The number of rotatable bonds is 16. The van der Waals surface area contributed by atoms with E-state index in [0.29, 0.717) is 11.0 Å². The predicted octanol–water partition coefficient (Wildman–Crippen LogP) is 2.99. The Hall–Kier alpha value is -1.51. The van der Waals surface area contributed by atoms with Crippen LogP contribution < -0.4 is 0 Å². The Bertz CT molecular complexity index is 612. The van der Waals surface area contributed by atoms with Crippen LogP contribution in [0.3, 0.4) is 0 Å². The molecule has 0 fully saturated rings. The molecule has 0 amide bonds. The van der Waals surface area contributed by atoms with Gasteiger partial charge in [0.05, 0.1) is 40.6 Å². The van der Waals surface area contributed by atoms with Crippen molar-refractivity contribution in [1.82, 2.24) is 0 Å². The van der Waals surface area contributed by atoms with Crippen molar-refractivity contribution < 1.29 is 42.1 Å². The zero-order valence-corrected chi connectivity index (χ0v) is 19.6. The van der Waals surface area contributed by atoms with E-state index in [2.05, 4.69) is 0 Å². The number of ether oxygens (including phenoxy) is 2. The first-order valence-electron chi connectivity index (χ1n) is 10.1.